The molecule has 1 N–H and O–H groups in total. The van der Waals surface area contributed by atoms with Gasteiger partial charge in [-0.15, -0.1) is 0 Å². The largest absolute Gasteiger partial charge is 0.444 e. The molecule has 0 spiro atoms. The molecule has 0 aliphatic rings. The molecule has 2 heterocycles. The summed E-state index contributed by atoms with van der Waals surface area (Å²) in [7, 11) is 0. The van der Waals surface area contributed by atoms with Crippen LogP contribution in [0.1, 0.15) is 31.9 Å². The molecular weight excluding hydrogens is 453 g/mol. The van der Waals surface area contributed by atoms with Gasteiger partial charge in [0.2, 0.25) is 0 Å². The van der Waals surface area contributed by atoms with Crippen molar-refractivity contribution >= 4 is 27.5 Å². The number of hydrogen-bond donors (Lipinski definition) is 1. The van der Waals surface area contributed by atoms with Crippen LogP contribution in [0.4, 0.5) is 18.0 Å². The van der Waals surface area contributed by atoms with E-state index in [1.165, 1.54) is 23.0 Å². The lowest BCUT2D eigenvalue weighted by Crippen LogP contribution is -2.32. The Labute approximate surface area is 173 Å². The summed E-state index contributed by atoms with van der Waals surface area (Å²) in [5, 5.41) is 6.41. The van der Waals surface area contributed by atoms with Crippen LogP contribution in [0.5, 0.6) is 0 Å². The van der Waals surface area contributed by atoms with Crippen LogP contribution >= 0.6 is 15.9 Å². The summed E-state index contributed by atoms with van der Waals surface area (Å²) in [5.41, 5.74) is -0.460. The summed E-state index contributed by atoms with van der Waals surface area (Å²) in [4.78, 5) is 15.9. The summed E-state index contributed by atoms with van der Waals surface area (Å²) < 4.78 is 48.3. The average Bonchev–Trinajstić information content (AvgIpc) is 2.97. The molecule has 10 heteroatoms. The number of amides is 1. The molecule has 6 nitrogen and oxygen atoms in total. The third kappa shape index (κ3) is 5.06. The van der Waals surface area contributed by atoms with Crippen LogP contribution in [0, 0.1) is 0 Å². The second-order valence-electron chi connectivity index (χ2n) is 7.32. The van der Waals surface area contributed by atoms with Gasteiger partial charge in [-0.2, -0.15) is 18.3 Å². The first-order valence-corrected chi connectivity index (χ1v) is 9.39. The minimum atomic E-state index is -4.60. The smallest absolute Gasteiger partial charge is 0.416 e. The second kappa shape index (κ2) is 7.66. The molecule has 0 bridgehead atoms. The van der Waals surface area contributed by atoms with Crippen molar-refractivity contribution in [2.45, 2.75) is 39.1 Å². The zero-order valence-electron chi connectivity index (χ0n) is 15.8. The van der Waals surface area contributed by atoms with E-state index < -0.39 is 23.4 Å². The lowest BCUT2D eigenvalue weighted by atomic mass is 10.0. The number of nitrogens with one attached hydrogen (secondary N) is 1. The number of benzene rings is 1. The quantitative estimate of drug-likeness (QED) is 0.570. The Morgan fingerprint density at radius 2 is 1.97 bits per heavy atom. The Kier molecular flexibility index (Phi) is 5.57. The van der Waals surface area contributed by atoms with Gasteiger partial charge < -0.3 is 10.1 Å². The Hall–Kier alpha value is -2.62. The van der Waals surface area contributed by atoms with Crippen LogP contribution in [0.25, 0.3) is 16.8 Å². The molecule has 0 radical (unpaired) electrons. The Bertz CT molecular complexity index is 1060. The summed E-state index contributed by atoms with van der Waals surface area (Å²) >= 11 is 3.32. The van der Waals surface area contributed by atoms with Gasteiger partial charge in [0.1, 0.15) is 11.9 Å². The summed E-state index contributed by atoms with van der Waals surface area (Å²) in [5.74, 6) is 0. The summed E-state index contributed by atoms with van der Waals surface area (Å²) in [6.07, 6.45) is -2.43. The van der Waals surface area contributed by atoms with Crippen molar-refractivity contribution in [3.63, 3.8) is 0 Å². The number of carbonyl (C=O) groups is 1. The van der Waals surface area contributed by atoms with Crippen molar-refractivity contribution in [3.05, 3.63) is 52.4 Å². The number of hydrogen-bond acceptors (Lipinski definition) is 4. The fourth-order valence-corrected chi connectivity index (χ4v) is 3.15. The van der Waals surface area contributed by atoms with E-state index in [1.54, 1.807) is 33.0 Å². The third-order valence-electron chi connectivity index (χ3n) is 3.88. The van der Waals surface area contributed by atoms with Crippen LogP contribution in [-0.2, 0) is 17.5 Å². The topological polar surface area (TPSA) is 68.5 Å². The molecule has 0 atom stereocenters. The molecule has 29 heavy (non-hydrogen) atoms. The Morgan fingerprint density at radius 3 is 2.62 bits per heavy atom. The number of nitrogens with zero attached hydrogens (tertiary/aromatic N) is 3. The van der Waals surface area contributed by atoms with Crippen molar-refractivity contribution in [1.82, 2.24) is 19.9 Å². The van der Waals surface area contributed by atoms with Crippen molar-refractivity contribution in [2.75, 3.05) is 0 Å². The van der Waals surface area contributed by atoms with E-state index in [0.29, 0.717) is 11.2 Å². The molecule has 0 aliphatic heterocycles. The summed E-state index contributed by atoms with van der Waals surface area (Å²) in [6, 6.07) is 5.60. The average molecular weight is 471 g/mol. The lowest BCUT2D eigenvalue weighted by Gasteiger charge is -2.20. The number of alkyl carbamates (subject to hydrolysis) is 1. The van der Waals surface area contributed by atoms with E-state index in [1.807, 2.05) is 0 Å². The van der Waals surface area contributed by atoms with Gasteiger partial charge >= 0.3 is 12.3 Å². The molecule has 0 saturated carbocycles. The van der Waals surface area contributed by atoms with Crippen molar-refractivity contribution in [1.29, 1.82) is 0 Å². The van der Waals surface area contributed by atoms with E-state index in [2.05, 4.69) is 31.3 Å². The number of halogens is 4. The predicted molar refractivity (Wildman–Crippen MR) is 104 cm³/mol. The van der Waals surface area contributed by atoms with E-state index in [0.717, 1.165) is 10.5 Å². The van der Waals surface area contributed by atoms with Crippen LogP contribution in [0.3, 0.4) is 0 Å². The maximum atomic E-state index is 13.7. The number of ether oxygens (including phenoxy) is 1. The van der Waals surface area contributed by atoms with Gasteiger partial charge in [-0.25, -0.2) is 14.3 Å². The Balaban J connectivity index is 1.95. The lowest BCUT2D eigenvalue weighted by molar-refractivity contribution is -0.138. The zero-order valence-corrected chi connectivity index (χ0v) is 17.4. The molecule has 0 unspecified atom stereocenters. The van der Waals surface area contributed by atoms with Gasteiger partial charge in [-0.3, -0.25) is 0 Å². The van der Waals surface area contributed by atoms with Crippen LogP contribution in [-0.4, -0.2) is 26.3 Å². The molecule has 3 rings (SSSR count). The number of aromatic nitrogens is 3. The van der Waals surface area contributed by atoms with Gasteiger partial charge in [-0.05, 0) is 54.4 Å². The predicted octanol–water partition coefficient (Wildman–Crippen LogP) is 5.20. The van der Waals surface area contributed by atoms with Crippen molar-refractivity contribution in [3.8, 4) is 11.3 Å². The van der Waals surface area contributed by atoms with E-state index in [9.17, 15) is 18.0 Å². The monoisotopic (exact) mass is 470 g/mol. The SMILES string of the molecule is CC(C)(C)OC(=O)NCc1ccc(-c2ncnn3cc(Br)cc23)cc1C(F)(F)F. The highest BCUT2D eigenvalue weighted by atomic mass is 79.9. The third-order valence-corrected chi connectivity index (χ3v) is 4.32. The van der Waals surface area contributed by atoms with Gasteiger partial charge in [0, 0.05) is 22.8 Å². The number of carbonyl (C=O) groups excluding carboxylic acids is 1. The molecular formula is C19H18BrF3N4O2. The van der Waals surface area contributed by atoms with Crippen LogP contribution in [0.15, 0.2) is 41.3 Å². The standard InChI is InChI=1S/C19H18BrF3N4O2/c1-18(2,3)29-17(28)24-8-12-5-4-11(6-14(12)19(21,22)23)16-15-7-13(20)9-27(15)26-10-25-16/h4-7,9-10H,8H2,1-3H3,(H,24,28). The van der Waals surface area contributed by atoms with Gasteiger partial charge in [-0.1, -0.05) is 12.1 Å². The maximum absolute atomic E-state index is 13.7. The first-order chi connectivity index (χ1) is 13.4. The molecule has 0 aliphatic carbocycles. The highest BCUT2D eigenvalue weighted by Crippen LogP contribution is 2.35. The van der Waals surface area contributed by atoms with Gasteiger partial charge in [0.05, 0.1) is 16.8 Å². The molecule has 0 saturated heterocycles. The molecule has 2 aromatic heterocycles. The summed E-state index contributed by atoms with van der Waals surface area (Å²) in [6.45, 7) is 4.70. The van der Waals surface area contributed by atoms with Crippen LogP contribution in [0.2, 0.25) is 0 Å². The first kappa shape index (κ1) is 21.1. The molecule has 3 aromatic rings. The highest BCUT2D eigenvalue weighted by molar-refractivity contribution is 9.10. The van der Waals surface area contributed by atoms with Gasteiger partial charge in [0.15, 0.2) is 0 Å². The van der Waals surface area contributed by atoms with E-state index in [4.69, 9.17) is 4.74 Å². The Morgan fingerprint density at radius 1 is 1.24 bits per heavy atom. The normalized spacial score (nSPS) is 12.2. The van der Waals surface area contributed by atoms with E-state index >= 15 is 0 Å². The number of alkyl halides is 3. The fourth-order valence-electron chi connectivity index (χ4n) is 2.74. The molecule has 154 valence electrons. The van der Waals surface area contributed by atoms with Crippen molar-refractivity contribution < 1.29 is 22.7 Å². The minimum Gasteiger partial charge on any atom is -0.444 e. The minimum absolute atomic E-state index is 0.0752. The molecule has 1 amide bonds. The fraction of sp³-hybridized carbons (Fsp3) is 0.316. The first-order valence-electron chi connectivity index (χ1n) is 8.60. The van der Waals surface area contributed by atoms with Gasteiger partial charge in [0.25, 0.3) is 0 Å². The second-order valence-corrected chi connectivity index (χ2v) is 8.24. The molecule has 1 aromatic carbocycles. The maximum Gasteiger partial charge on any atom is 0.416 e. The zero-order chi connectivity index (χ0) is 21.4. The van der Waals surface area contributed by atoms with E-state index in [-0.39, 0.29) is 17.7 Å². The number of fused-ring (bicyclic) bond motifs is 1. The molecule has 0 fully saturated rings. The number of rotatable bonds is 3. The highest BCUT2D eigenvalue weighted by Gasteiger charge is 2.34. The van der Waals surface area contributed by atoms with Crippen molar-refractivity contribution in [2.24, 2.45) is 0 Å². The van der Waals surface area contributed by atoms with Crippen LogP contribution < -0.4 is 5.32 Å².